The number of hydrogen-bond donors (Lipinski definition) is 2. The van der Waals surface area contributed by atoms with Gasteiger partial charge in [0.2, 0.25) is 0 Å². The Labute approximate surface area is 124 Å². The molecule has 2 fully saturated rings. The number of fused-ring (bicyclic) bond motifs is 1. The molecule has 0 aromatic heterocycles. The molecule has 1 aliphatic carbocycles. The van der Waals surface area contributed by atoms with E-state index >= 15 is 0 Å². The van der Waals surface area contributed by atoms with Crippen molar-refractivity contribution in [2.24, 2.45) is 5.92 Å². The Morgan fingerprint density at radius 2 is 2.05 bits per heavy atom. The fourth-order valence-electron chi connectivity index (χ4n) is 3.70. The second-order valence-electron chi connectivity index (χ2n) is 5.80. The molecule has 1 aromatic rings. The van der Waals surface area contributed by atoms with Gasteiger partial charge in [-0.3, -0.25) is 0 Å². The fourth-order valence-corrected chi connectivity index (χ4v) is 4.23. The molecule has 19 heavy (non-hydrogen) atoms. The van der Waals surface area contributed by atoms with E-state index in [9.17, 15) is 5.11 Å². The number of aliphatic hydroxyl groups is 1. The normalized spacial score (nSPS) is 34.9. The highest BCUT2D eigenvalue weighted by Crippen LogP contribution is 2.46. The third kappa shape index (κ3) is 2.52. The Morgan fingerprint density at radius 3 is 2.84 bits per heavy atom. The maximum absolute atomic E-state index is 10.9. The van der Waals surface area contributed by atoms with Crippen molar-refractivity contribution in [3.8, 4) is 0 Å². The number of benzene rings is 1. The van der Waals surface area contributed by atoms with Crippen molar-refractivity contribution >= 4 is 23.2 Å². The minimum Gasteiger partial charge on any atom is -0.389 e. The summed E-state index contributed by atoms with van der Waals surface area (Å²) < 4.78 is 0. The molecule has 0 radical (unpaired) electrons. The Hall–Kier alpha value is -0.280. The molecule has 1 saturated carbocycles. The molecule has 1 heterocycles. The molecule has 2 aliphatic rings. The molecular weight excluding hydrogens is 281 g/mol. The van der Waals surface area contributed by atoms with Crippen LogP contribution in [-0.4, -0.2) is 17.3 Å². The minimum absolute atomic E-state index is 0.142. The van der Waals surface area contributed by atoms with Crippen molar-refractivity contribution in [3.05, 3.63) is 33.8 Å². The lowest BCUT2D eigenvalue weighted by Gasteiger charge is -2.48. The van der Waals surface area contributed by atoms with Crippen LogP contribution in [0.2, 0.25) is 10.0 Å². The van der Waals surface area contributed by atoms with Gasteiger partial charge in [0, 0.05) is 22.0 Å². The monoisotopic (exact) mass is 299 g/mol. The first-order valence-corrected chi connectivity index (χ1v) is 7.76. The van der Waals surface area contributed by atoms with Gasteiger partial charge in [-0.15, -0.1) is 0 Å². The van der Waals surface area contributed by atoms with Crippen molar-refractivity contribution in [1.29, 1.82) is 0 Å². The highest BCUT2D eigenvalue weighted by atomic mass is 35.5. The molecular formula is C15H19Cl2NO. The lowest BCUT2D eigenvalue weighted by molar-refractivity contribution is -0.0861. The van der Waals surface area contributed by atoms with Gasteiger partial charge in [-0.2, -0.15) is 0 Å². The van der Waals surface area contributed by atoms with Gasteiger partial charge in [-0.25, -0.2) is 0 Å². The smallest absolute Gasteiger partial charge is 0.0706 e. The summed E-state index contributed by atoms with van der Waals surface area (Å²) in [5.41, 5.74) is 0.549. The van der Waals surface area contributed by atoms with Crippen LogP contribution in [0.5, 0.6) is 0 Å². The van der Waals surface area contributed by atoms with Gasteiger partial charge >= 0.3 is 0 Å². The molecule has 2 nitrogen and oxygen atoms in total. The lowest BCUT2D eigenvalue weighted by Crippen LogP contribution is -2.53. The first-order valence-electron chi connectivity index (χ1n) is 7.01. The molecule has 4 heteroatoms. The molecule has 1 aromatic carbocycles. The molecule has 0 bridgehead atoms. The summed E-state index contributed by atoms with van der Waals surface area (Å²) in [6.45, 7) is 0.844. The predicted octanol–water partition coefficient (Wildman–Crippen LogP) is 3.95. The number of hydrogen-bond acceptors (Lipinski definition) is 2. The molecule has 1 saturated heterocycles. The minimum atomic E-state index is -0.517. The standard InChI is InChI=1S/C15H19Cl2NO/c16-10-4-5-11(13(17)9-10)14-12-3-1-2-6-15(12,19)7-8-18-14/h4-5,9,12,14,18-19H,1-3,6-8H2/t12?,14-,15?/m0/s1. The van der Waals surface area contributed by atoms with Crippen LogP contribution < -0.4 is 5.32 Å². The zero-order valence-electron chi connectivity index (χ0n) is 10.8. The van der Waals surface area contributed by atoms with E-state index in [0.717, 1.165) is 37.8 Å². The van der Waals surface area contributed by atoms with Gasteiger partial charge in [0.25, 0.3) is 0 Å². The molecule has 0 amide bonds. The van der Waals surface area contributed by atoms with Crippen molar-refractivity contribution in [3.63, 3.8) is 0 Å². The summed E-state index contributed by atoms with van der Waals surface area (Å²) in [5.74, 6) is 0.258. The topological polar surface area (TPSA) is 32.3 Å². The van der Waals surface area contributed by atoms with Crippen LogP contribution in [0, 0.1) is 5.92 Å². The predicted molar refractivity (Wildman–Crippen MR) is 78.7 cm³/mol. The van der Waals surface area contributed by atoms with Gasteiger partial charge in [0.1, 0.15) is 0 Å². The van der Waals surface area contributed by atoms with Crippen molar-refractivity contribution < 1.29 is 5.11 Å². The molecule has 3 rings (SSSR count). The van der Waals surface area contributed by atoms with Crippen LogP contribution in [0.25, 0.3) is 0 Å². The largest absolute Gasteiger partial charge is 0.389 e. The number of rotatable bonds is 1. The van der Waals surface area contributed by atoms with E-state index in [1.165, 1.54) is 6.42 Å². The molecule has 1 aliphatic heterocycles. The molecule has 2 N–H and O–H groups in total. The van der Waals surface area contributed by atoms with E-state index < -0.39 is 5.60 Å². The van der Waals surface area contributed by atoms with E-state index in [2.05, 4.69) is 5.32 Å². The van der Waals surface area contributed by atoms with Crippen LogP contribution in [0.15, 0.2) is 18.2 Å². The average molecular weight is 300 g/mol. The number of piperidine rings is 1. The summed E-state index contributed by atoms with van der Waals surface area (Å²) in [4.78, 5) is 0. The van der Waals surface area contributed by atoms with Gasteiger partial charge in [0.05, 0.1) is 5.60 Å². The lowest BCUT2D eigenvalue weighted by atomic mass is 9.67. The SMILES string of the molecule is OC12CCCCC1[C@H](c1ccc(Cl)cc1Cl)NCC2. The van der Waals surface area contributed by atoms with Gasteiger partial charge in [-0.1, -0.05) is 42.1 Å². The second kappa shape index (κ2) is 5.25. The third-order valence-electron chi connectivity index (χ3n) is 4.69. The Balaban J connectivity index is 1.94. The molecule has 3 atom stereocenters. The van der Waals surface area contributed by atoms with E-state index in [4.69, 9.17) is 23.2 Å². The van der Waals surface area contributed by atoms with Crippen LogP contribution in [0.1, 0.15) is 43.7 Å². The summed E-state index contributed by atoms with van der Waals surface area (Å²) in [5, 5.41) is 15.7. The first kappa shape index (κ1) is 13.7. The van der Waals surface area contributed by atoms with Crippen molar-refractivity contribution in [2.75, 3.05) is 6.54 Å². The fraction of sp³-hybridized carbons (Fsp3) is 0.600. The highest BCUT2D eigenvalue weighted by Gasteiger charge is 2.46. The van der Waals surface area contributed by atoms with Crippen LogP contribution >= 0.6 is 23.2 Å². The third-order valence-corrected chi connectivity index (χ3v) is 5.25. The average Bonchev–Trinajstić information content (AvgIpc) is 2.37. The quantitative estimate of drug-likeness (QED) is 0.823. The number of halogens is 2. The second-order valence-corrected chi connectivity index (χ2v) is 6.65. The van der Waals surface area contributed by atoms with Crippen molar-refractivity contribution in [2.45, 2.75) is 43.7 Å². The highest BCUT2D eigenvalue weighted by molar-refractivity contribution is 6.35. The van der Waals surface area contributed by atoms with Gasteiger partial charge in [-0.05, 0) is 43.5 Å². The maximum atomic E-state index is 10.9. The van der Waals surface area contributed by atoms with E-state index in [1.54, 1.807) is 6.07 Å². The van der Waals surface area contributed by atoms with Gasteiger partial charge < -0.3 is 10.4 Å². The zero-order chi connectivity index (χ0) is 13.5. The van der Waals surface area contributed by atoms with Crippen molar-refractivity contribution in [1.82, 2.24) is 5.32 Å². The van der Waals surface area contributed by atoms with E-state index in [1.807, 2.05) is 12.1 Å². The maximum Gasteiger partial charge on any atom is 0.0706 e. The summed E-state index contributed by atoms with van der Waals surface area (Å²) in [6, 6.07) is 5.80. The van der Waals surface area contributed by atoms with E-state index in [0.29, 0.717) is 10.0 Å². The summed E-state index contributed by atoms with van der Waals surface area (Å²) >= 11 is 12.3. The Bertz CT molecular complexity index is 475. The molecule has 2 unspecified atom stereocenters. The first-order chi connectivity index (χ1) is 9.10. The van der Waals surface area contributed by atoms with Crippen LogP contribution in [-0.2, 0) is 0 Å². The Kier molecular flexibility index (Phi) is 3.78. The van der Waals surface area contributed by atoms with Crippen LogP contribution in [0.3, 0.4) is 0 Å². The van der Waals surface area contributed by atoms with Crippen LogP contribution in [0.4, 0.5) is 0 Å². The van der Waals surface area contributed by atoms with E-state index in [-0.39, 0.29) is 12.0 Å². The summed E-state index contributed by atoms with van der Waals surface area (Å²) in [7, 11) is 0. The zero-order valence-corrected chi connectivity index (χ0v) is 12.3. The molecule has 104 valence electrons. The Morgan fingerprint density at radius 1 is 1.21 bits per heavy atom. The number of nitrogens with one attached hydrogen (secondary N) is 1. The molecule has 0 spiro atoms. The van der Waals surface area contributed by atoms with Gasteiger partial charge in [0.15, 0.2) is 0 Å². The summed E-state index contributed by atoms with van der Waals surface area (Å²) in [6.07, 6.45) is 5.15.